The molecule has 0 aromatic heterocycles. The van der Waals surface area contributed by atoms with Crippen LogP contribution in [0.5, 0.6) is 11.5 Å². The Kier molecular flexibility index (Phi) is 5.77. The molecule has 2 aromatic rings. The molecule has 0 atom stereocenters. The smallest absolute Gasteiger partial charge is 0.276 e. The molecule has 0 fully saturated rings. The van der Waals surface area contributed by atoms with Gasteiger partial charge in [-0.05, 0) is 24.3 Å². The molecule has 0 aliphatic carbocycles. The van der Waals surface area contributed by atoms with E-state index < -0.39 is 15.5 Å². The number of ether oxygens (including phenoxy) is 3. The zero-order chi connectivity index (χ0) is 18.7. The van der Waals surface area contributed by atoms with Crippen molar-refractivity contribution in [1.29, 1.82) is 0 Å². The first-order valence-electron chi connectivity index (χ1n) is 7.46. The Morgan fingerprint density at radius 1 is 1.27 bits per heavy atom. The number of fused-ring (bicyclic) bond motifs is 1. The van der Waals surface area contributed by atoms with Crippen molar-refractivity contribution in [1.82, 2.24) is 0 Å². The van der Waals surface area contributed by atoms with Gasteiger partial charge in [0, 0.05) is 11.1 Å². The minimum Gasteiger partial charge on any atom is -0.487 e. The van der Waals surface area contributed by atoms with E-state index in [1.165, 1.54) is 12.1 Å². The molecule has 0 radical (unpaired) electrons. The van der Waals surface area contributed by atoms with Crippen LogP contribution in [0.2, 0.25) is 0 Å². The van der Waals surface area contributed by atoms with Crippen molar-refractivity contribution in [3.05, 3.63) is 53.3 Å². The lowest BCUT2D eigenvalue weighted by Gasteiger charge is -2.21. The molecular weight excluding hydrogens is 408 g/mol. The van der Waals surface area contributed by atoms with Crippen molar-refractivity contribution >= 4 is 46.4 Å². The van der Waals surface area contributed by atoms with Gasteiger partial charge in [0.05, 0.1) is 12.3 Å². The molecule has 0 unspecified atom stereocenters. The fourth-order valence-corrected chi connectivity index (χ4v) is 2.55. The van der Waals surface area contributed by atoms with Crippen LogP contribution in [-0.4, -0.2) is 16.5 Å². The zero-order valence-electron chi connectivity index (χ0n) is 13.2. The molecule has 0 spiro atoms. The number of halogens is 4. The van der Waals surface area contributed by atoms with Crippen LogP contribution < -0.4 is 14.8 Å². The molecule has 1 heterocycles. The highest BCUT2D eigenvalue weighted by Gasteiger charge is 2.31. The molecule has 138 valence electrons. The van der Waals surface area contributed by atoms with Crippen LogP contribution in [-0.2, 0) is 22.7 Å². The number of carbonyl (C=O) groups is 1. The van der Waals surface area contributed by atoms with Crippen molar-refractivity contribution < 1.29 is 23.4 Å². The summed E-state index contributed by atoms with van der Waals surface area (Å²) in [6.07, 6.45) is 0. The van der Waals surface area contributed by atoms with Gasteiger partial charge in [0.25, 0.3) is 9.70 Å². The van der Waals surface area contributed by atoms with E-state index in [4.69, 9.17) is 49.0 Å². The number of rotatable bonds is 4. The summed E-state index contributed by atoms with van der Waals surface area (Å²) in [5.41, 5.74) is 1.44. The highest BCUT2D eigenvalue weighted by Crippen LogP contribution is 2.33. The SMILES string of the molecule is O=C(Nc1ccccc1OCc1cc(F)cc2c1OCOC2)C(Cl)(Cl)Cl. The van der Waals surface area contributed by atoms with E-state index in [1.807, 2.05) is 0 Å². The van der Waals surface area contributed by atoms with Crippen LogP contribution in [0.15, 0.2) is 36.4 Å². The third-order valence-corrected chi connectivity index (χ3v) is 4.04. The molecular formula is C17H13Cl3FNO4. The monoisotopic (exact) mass is 419 g/mol. The van der Waals surface area contributed by atoms with E-state index in [9.17, 15) is 9.18 Å². The van der Waals surface area contributed by atoms with Crippen molar-refractivity contribution in [3.8, 4) is 11.5 Å². The first-order valence-corrected chi connectivity index (χ1v) is 8.60. The Morgan fingerprint density at radius 2 is 2.04 bits per heavy atom. The topological polar surface area (TPSA) is 56.8 Å². The second-order valence-corrected chi connectivity index (χ2v) is 7.68. The first-order chi connectivity index (χ1) is 12.3. The second kappa shape index (κ2) is 7.88. The molecule has 5 nitrogen and oxygen atoms in total. The summed E-state index contributed by atoms with van der Waals surface area (Å²) in [5.74, 6) is -0.378. The minimum atomic E-state index is -2.11. The summed E-state index contributed by atoms with van der Waals surface area (Å²) in [4.78, 5) is 11.9. The van der Waals surface area contributed by atoms with Crippen LogP contribution >= 0.6 is 34.8 Å². The normalized spacial score (nSPS) is 13.5. The van der Waals surface area contributed by atoms with E-state index in [2.05, 4.69) is 5.32 Å². The standard InChI is InChI=1S/C17H13Cl3FNO4/c18-17(19,20)16(23)22-13-3-1-2-4-14(13)25-8-11-6-12(21)5-10-7-24-9-26-15(10)11/h1-6H,7-9H2,(H,22,23). The van der Waals surface area contributed by atoms with E-state index in [1.54, 1.807) is 24.3 Å². The highest BCUT2D eigenvalue weighted by molar-refractivity contribution is 6.76. The zero-order valence-corrected chi connectivity index (χ0v) is 15.5. The molecule has 9 heteroatoms. The number of hydrogen-bond donors (Lipinski definition) is 1. The summed E-state index contributed by atoms with van der Waals surface area (Å²) in [6, 6.07) is 9.30. The molecule has 3 rings (SSSR count). The number of benzene rings is 2. The van der Waals surface area contributed by atoms with Gasteiger partial charge in [-0.15, -0.1) is 0 Å². The largest absolute Gasteiger partial charge is 0.487 e. The van der Waals surface area contributed by atoms with Crippen molar-refractivity contribution in [2.24, 2.45) is 0 Å². The first kappa shape index (κ1) is 19.0. The van der Waals surface area contributed by atoms with Gasteiger partial charge in [0.2, 0.25) is 0 Å². The average molecular weight is 421 g/mol. The molecule has 1 amide bonds. The summed E-state index contributed by atoms with van der Waals surface area (Å²) < 4.78 is 28.0. The highest BCUT2D eigenvalue weighted by atomic mass is 35.6. The molecule has 0 saturated carbocycles. The minimum absolute atomic E-state index is 0.0146. The molecule has 1 aliphatic heterocycles. The Morgan fingerprint density at radius 3 is 2.81 bits per heavy atom. The molecule has 0 saturated heterocycles. The third kappa shape index (κ3) is 4.51. The second-order valence-electron chi connectivity index (χ2n) is 5.40. The number of anilines is 1. The molecule has 26 heavy (non-hydrogen) atoms. The predicted octanol–water partition coefficient (Wildman–Crippen LogP) is 4.58. The number of hydrogen-bond acceptors (Lipinski definition) is 4. The maximum Gasteiger partial charge on any atom is 0.276 e. The van der Waals surface area contributed by atoms with Crippen molar-refractivity contribution in [2.45, 2.75) is 17.0 Å². The molecule has 0 bridgehead atoms. The van der Waals surface area contributed by atoms with Crippen LogP contribution in [0.1, 0.15) is 11.1 Å². The molecule has 1 N–H and O–H groups in total. The van der Waals surface area contributed by atoms with Gasteiger partial charge in [-0.1, -0.05) is 46.9 Å². The lowest BCUT2D eigenvalue weighted by atomic mass is 10.1. The van der Waals surface area contributed by atoms with Crippen molar-refractivity contribution in [3.63, 3.8) is 0 Å². The fraction of sp³-hybridized carbons (Fsp3) is 0.235. The van der Waals surface area contributed by atoms with Gasteiger partial charge in [-0.3, -0.25) is 4.79 Å². The summed E-state index contributed by atoms with van der Waals surface area (Å²) >= 11 is 16.7. The number of amides is 1. The van der Waals surface area contributed by atoms with Gasteiger partial charge < -0.3 is 19.5 Å². The Balaban J connectivity index is 1.79. The van der Waals surface area contributed by atoms with Gasteiger partial charge in [0.15, 0.2) is 6.79 Å². The number of para-hydroxylation sites is 2. The van der Waals surface area contributed by atoms with E-state index in [0.717, 1.165) is 0 Å². The maximum absolute atomic E-state index is 13.8. The molecule has 1 aliphatic rings. The van der Waals surface area contributed by atoms with E-state index >= 15 is 0 Å². The van der Waals surface area contributed by atoms with E-state index in [-0.39, 0.29) is 20.0 Å². The van der Waals surface area contributed by atoms with Crippen LogP contribution in [0.4, 0.5) is 10.1 Å². The Labute approximate surface area is 163 Å². The van der Waals surface area contributed by atoms with Crippen LogP contribution in [0, 0.1) is 5.82 Å². The summed E-state index contributed by atoms with van der Waals surface area (Å²) in [7, 11) is 0. The third-order valence-electron chi connectivity index (χ3n) is 3.53. The number of nitrogens with one attached hydrogen (secondary N) is 1. The Bertz CT molecular complexity index is 826. The fourth-order valence-electron chi connectivity index (χ4n) is 2.41. The molecule has 2 aromatic carbocycles. The van der Waals surface area contributed by atoms with Gasteiger partial charge in [-0.25, -0.2) is 4.39 Å². The predicted molar refractivity (Wildman–Crippen MR) is 96.4 cm³/mol. The van der Waals surface area contributed by atoms with Crippen LogP contribution in [0.3, 0.4) is 0 Å². The lowest BCUT2D eigenvalue weighted by molar-refractivity contribution is -0.115. The van der Waals surface area contributed by atoms with Crippen molar-refractivity contribution in [2.75, 3.05) is 12.1 Å². The average Bonchev–Trinajstić information content (AvgIpc) is 2.59. The summed E-state index contributed by atoms with van der Waals surface area (Å²) in [6.45, 7) is 0.359. The quantitative estimate of drug-likeness (QED) is 0.736. The maximum atomic E-state index is 13.8. The Hall–Kier alpha value is -1.73. The van der Waals surface area contributed by atoms with E-state index in [0.29, 0.717) is 28.3 Å². The summed E-state index contributed by atoms with van der Waals surface area (Å²) in [5, 5.41) is 2.48. The van der Waals surface area contributed by atoms with Crippen LogP contribution in [0.25, 0.3) is 0 Å². The van der Waals surface area contributed by atoms with Gasteiger partial charge in [-0.2, -0.15) is 0 Å². The van der Waals surface area contributed by atoms with Gasteiger partial charge >= 0.3 is 0 Å². The number of alkyl halides is 3. The van der Waals surface area contributed by atoms with Gasteiger partial charge in [0.1, 0.15) is 23.9 Å². The lowest BCUT2D eigenvalue weighted by Crippen LogP contribution is -2.27. The number of carbonyl (C=O) groups excluding carboxylic acids is 1.